The molecule has 2 heterocycles. The van der Waals surface area contributed by atoms with Crippen molar-refractivity contribution in [3.05, 3.63) is 35.8 Å². The van der Waals surface area contributed by atoms with Gasteiger partial charge >= 0.3 is 0 Å². The third kappa shape index (κ3) is 2.57. The third-order valence-electron chi connectivity index (χ3n) is 2.36. The lowest BCUT2D eigenvalue weighted by molar-refractivity contribution is 0.0947. The minimum Gasteiger partial charge on any atom is -0.481 e. The number of rotatable bonds is 4. The number of aromatic nitrogens is 3. The van der Waals surface area contributed by atoms with E-state index in [1.54, 1.807) is 19.4 Å². The standard InChI is InChI=1S/C11H13N5O2/c1-18-9-3-2-7(4-13-9)5-14-11(17)10-8(12)6-15-16-10/h2-4,6H,5,12H2,1H3,(H,14,17)(H,15,16). The Bertz CT molecular complexity index is 535. The molecule has 18 heavy (non-hydrogen) atoms. The largest absolute Gasteiger partial charge is 0.481 e. The number of hydrogen-bond donors (Lipinski definition) is 3. The number of carbonyl (C=O) groups is 1. The van der Waals surface area contributed by atoms with Crippen LogP contribution < -0.4 is 15.8 Å². The Labute approximate surface area is 103 Å². The van der Waals surface area contributed by atoms with E-state index in [1.165, 1.54) is 6.20 Å². The molecule has 0 saturated heterocycles. The predicted molar refractivity (Wildman–Crippen MR) is 65.0 cm³/mol. The highest BCUT2D eigenvalue weighted by Gasteiger charge is 2.10. The molecule has 2 aromatic heterocycles. The monoisotopic (exact) mass is 247 g/mol. The number of ether oxygens (including phenoxy) is 1. The van der Waals surface area contributed by atoms with Crippen LogP contribution in [0.25, 0.3) is 0 Å². The molecule has 0 aliphatic carbocycles. The van der Waals surface area contributed by atoms with Crippen molar-refractivity contribution in [2.45, 2.75) is 6.54 Å². The molecular weight excluding hydrogens is 234 g/mol. The highest BCUT2D eigenvalue weighted by Crippen LogP contribution is 2.08. The smallest absolute Gasteiger partial charge is 0.271 e. The molecule has 2 aromatic rings. The summed E-state index contributed by atoms with van der Waals surface area (Å²) in [5, 5.41) is 8.93. The second-order valence-corrected chi connectivity index (χ2v) is 3.59. The first kappa shape index (κ1) is 11.9. The van der Waals surface area contributed by atoms with Crippen LogP contribution >= 0.6 is 0 Å². The summed E-state index contributed by atoms with van der Waals surface area (Å²) in [4.78, 5) is 15.8. The second kappa shape index (κ2) is 5.17. The zero-order valence-electron chi connectivity index (χ0n) is 9.80. The van der Waals surface area contributed by atoms with Crippen molar-refractivity contribution < 1.29 is 9.53 Å². The fraction of sp³-hybridized carbons (Fsp3) is 0.182. The topological polar surface area (TPSA) is 106 Å². The normalized spacial score (nSPS) is 10.1. The maximum Gasteiger partial charge on any atom is 0.271 e. The summed E-state index contributed by atoms with van der Waals surface area (Å²) in [6.07, 6.45) is 3.03. The summed E-state index contributed by atoms with van der Waals surface area (Å²) in [5.41, 5.74) is 7.01. The van der Waals surface area contributed by atoms with Crippen molar-refractivity contribution >= 4 is 11.6 Å². The van der Waals surface area contributed by atoms with Crippen LogP contribution in [0.5, 0.6) is 5.88 Å². The number of amides is 1. The third-order valence-corrected chi connectivity index (χ3v) is 2.36. The Hall–Kier alpha value is -2.57. The molecule has 0 aromatic carbocycles. The van der Waals surface area contributed by atoms with Gasteiger partial charge in [0.1, 0.15) is 5.69 Å². The van der Waals surface area contributed by atoms with E-state index in [1.807, 2.05) is 6.07 Å². The molecule has 0 saturated carbocycles. The van der Waals surface area contributed by atoms with Crippen LogP contribution in [0.3, 0.4) is 0 Å². The van der Waals surface area contributed by atoms with E-state index in [4.69, 9.17) is 10.5 Å². The number of nitrogens with one attached hydrogen (secondary N) is 2. The first-order chi connectivity index (χ1) is 8.70. The lowest BCUT2D eigenvalue weighted by atomic mass is 10.2. The molecule has 0 aliphatic heterocycles. The number of nitrogens with zero attached hydrogens (tertiary/aromatic N) is 2. The number of aromatic amines is 1. The van der Waals surface area contributed by atoms with Crippen LogP contribution in [0, 0.1) is 0 Å². The Morgan fingerprint density at radius 2 is 2.33 bits per heavy atom. The number of nitrogen functional groups attached to an aromatic ring is 1. The first-order valence-electron chi connectivity index (χ1n) is 5.26. The lowest BCUT2D eigenvalue weighted by Gasteiger charge is -2.05. The van der Waals surface area contributed by atoms with E-state index in [0.717, 1.165) is 5.56 Å². The second-order valence-electron chi connectivity index (χ2n) is 3.59. The SMILES string of the molecule is COc1ccc(CNC(=O)c2[nH]ncc2N)cn1. The maximum absolute atomic E-state index is 11.7. The van der Waals surface area contributed by atoms with Gasteiger partial charge in [0.2, 0.25) is 5.88 Å². The fourth-order valence-electron chi connectivity index (χ4n) is 1.38. The summed E-state index contributed by atoms with van der Waals surface area (Å²) in [6.45, 7) is 0.355. The van der Waals surface area contributed by atoms with Crippen LogP contribution in [0.4, 0.5) is 5.69 Å². The molecule has 0 bridgehead atoms. The van der Waals surface area contributed by atoms with Gasteiger partial charge in [0, 0.05) is 18.8 Å². The number of methoxy groups -OCH3 is 1. The maximum atomic E-state index is 11.7. The molecule has 0 atom stereocenters. The quantitative estimate of drug-likeness (QED) is 0.721. The average Bonchev–Trinajstić information content (AvgIpc) is 2.83. The molecule has 94 valence electrons. The van der Waals surface area contributed by atoms with Crippen LogP contribution in [0.15, 0.2) is 24.5 Å². The molecule has 0 aliphatic rings. The number of nitrogens with two attached hydrogens (primary N) is 1. The Morgan fingerprint density at radius 3 is 2.89 bits per heavy atom. The number of H-pyrrole nitrogens is 1. The van der Waals surface area contributed by atoms with E-state index in [-0.39, 0.29) is 11.6 Å². The Balaban J connectivity index is 1.95. The molecule has 0 unspecified atom stereocenters. The van der Waals surface area contributed by atoms with Crippen molar-refractivity contribution in [3.8, 4) is 5.88 Å². The van der Waals surface area contributed by atoms with E-state index in [0.29, 0.717) is 18.1 Å². The number of carbonyl (C=O) groups excluding carboxylic acids is 1. The van der Waals surface area contributed by atoms with Gasteiger partial charge in [0.25, 0.3) is 5.91 Å². The number of hydrogen-bond acceptors (Lipinski definition) is 5. The van der Waals surface area contributed by atoms with Gasteiger partial charge in [-0.1, -0.05) is 6.07 Å². The van der Waals surface area contributed by atoms with Gasteiger partial charge in [-0.25, -0.2) is 4.98 Å². The molecule has 0 spiro atoms. The molecule has 2 rings (SSSR count). The molecule has 0 radical (unpaired) electrons. The van der Waals surface area contributed by atoms with Crippen LogP contribution in [-0.2, 0) is 6.54 Å². The van der Waals surface area contributed by atoms with E-state index in [2.05, 4.69) is 20.5 Å². The Morgan fingerprint density at radius 1 is 1.50 bits per heavy atom. The van der Waals surface area contributed by atoms with Gasteiger partial charge in [-0.05, 0) is 5.56 Å². The van der Waals surface area contributed by atoms with Crippen molar-refractivity contribution in [2.75, 3.05) is 12.8 Å². The van der Waals surface area contributed by atoms with Crippen molar-refractivity contribution in [3.63, 3.8) is 0 Å². The number of anilines is 1. The lowest BCUT2D eigenvalue weighted by Crippen LogP contribution is -2.24. The predicted octanol–water partition coefficient (Wildman–Crippen LogP) is 0.325. The van der Waals surface area contributed by atoms with Gasteiger partial charge in [-0.3, -0.25) is 9.89 Å². The van der Waals surface area contributed by atoms with E-state index >= 15 is 0 Å². The highest BCUT2D eigenvalue weighted by molar-refractivity contribution is 5.96. The highest BCUT2D eigenvalue weighted by atomic mass is 16.5. The minimum absolute atomic E-state index is 0.261. The molecule has 4 N–H and O–H groups in total. The zero-order chi connectivity index (χ0) is 13.0. The Kier molecular flexibility index (Phi) is 3.42. The summed E-state index contributed by atoms with van der Waals surface area (Å²) in [7, 11) is 1.55. The van der Waals surface area contributed by atoms with Crippen LogP contribution in [0.1, 0.15) is 16.1 Å². The molecule has 7 heteroatoms. The van der Waals surface area contributed by atoms with E-state index in [9.17, 15) is 4.79 Å². The average molecular weight is 247 g/mol. The van der Waals surface area contributed by atoms with Gasteiger partial charge < -0.3 is 15.8 Å². The van der Waals surface area contributed by atoms with Crippen molar-refractivity contribution in [2.24, 2.45) is 0 Å². The molecule has 7 nitrogen and oxygen atoms in total. The minimum atomic E-state index is -0.305. The van der Waals surface area contributed by atoms with Crippen molar-refractivity contribution in [1.82, 2.24) is 20.5 Å². The summed E-state index contributed by atoms with van der Waals surface area (Å²) >= 11 is 0. The van der Waals surface area contributed by atoms with Crippen LogP contribution in [0.2, 0.25) is 0 Å². The molecular formula is C11H13N5O2. The number of pyridine rings is 1. The first-order valence-corrected chi connectivity index (χ1v) is 5.26. The molecule has 0 fully saturated rings. The van der Waals surface area contributed by atoms with E-state index < -0.39 is 0 Å². The summed E-state index contributed by atoms with van der Waals surface area (Å²) < 4.78 is 4.94. The summed E-state index contributed by atoms with van der Waals surface area (Å²) in [5.74, 6) is 0.226. The zero-order valence-corrected chi connectivity index (χ0v) is 9.80. The van der Waals surface area contributed by atoms with Crippen molar-refractivity contribution in [1.29, 1.82) is 0 Å². The van der Waals surface area contributed by atoms with Gasteiger partial charge in [0.05, 0.1) is 19.0 Å². The van der Waals surface area contributed by atoms with Crippen LogP contribution in [-0.4, -0.2) is 28.2 Å². The fourth-order valence-corrected chi connectivity index (χ4v) is 1.38. The molecule has 1 amide bonds. The van der Waals surface area contributed by atoms with Gasteiger partial charge in [0.15, 0.2) is 0 Å². The van der Waals surface area contributed by atoms with Gasteiger partial charge in [-0.15, -0.1) is 0 Å². The van der Waals surface area contributed by atoms with Gasteiger partial charge in [-0.2, -0.15) is 5.10 Å². The summed E-state index contributed by atoms with van der Waals surface area (Å²) in [6, 6.07) is 3.55.